The predicted molar refractivity (Wildman–Crippen MR) is 122 cm³/mol. The average Bonchev–Trinajstić information content (AvgIpc) is 3.46. The van der Waals surface area contributed by atoms with Crippen molar-refractivity contribution in [1.29, 1.82) is 0 Å². The molecule has 0 radical (unpaired) electrons. The monoisotopic (exact) mass is 466 g/mol. The number of hydrogen-bond donors (Lipinski definition) is 2. The first kappa shape index (κ1) is 22.3. The van der Waals surface area contributed by atoms with Gasteiger partial charge < -0.3 is 10.6 Å². The highest BCUT2D eigenvalue weighted by Crippen LogP contribution is 2.19. The molecule has 0 fully saturated rings. The number of benzene rings is 2. The topological polar surface area (TPSA) is 76.0 Å². The second-order valence-electron chi connectivity index (χ2n) is 7.38. The van der Waals surface area contributed by atoms with Gasteiger partial charge in [-0.05, 0) is 54.3 Å². The SMILES string of the molecule is Cc1cnn(Cc2cc(F)ccc2F)c1NC(=O)c1ccc(CNC(=O)c2cccs2)cc1. The van der Waals surface area contributed by atoms with E-state index in [1.165, 1.54) is 16.0 Å². The van der Waals surface area contributed by atoms with E-state index in [1.54, 1.807) is 43.5 Å². The van der Waals surface area contributed by atoms with Gasteiger partial charge >= 0.3 is 0 Å². The van der Waals surface area contributed by atoms with Crippen molar-refractivity contribution in [3.63, 3.8) is 0 Å². The summed E-state index contributed by atoms with van der Waals surface area (Å²) in [5.74, 6) is -1.22. The number of halogens is 2. The van der Waals surface area contributed by atoms with E-state index in [4.69, 9.17) is 0 Å². The molecule has 2 N–H and O–H groups in total. The molecule has 2 aromatic heterocycles. The Balaban J connectivity index is 1.41. The Morgan fingerprint density at radius 1 is 1.06 bits per heavy atom. The minimum absolute atomic E-state index is 0.0318. The van der Waals surface area contributed by atoms with Gasteiger partial charge in [-0.1, -0.05) is 18.2 Å². The third kappa shape index (κ3) is 5.32. The van der Waals surface area contributed by atoms with Crippen LogP contribution in [0.3, 0.4) is 0 Å². The molecule has 0 atom stereocenters. The largest absolute Gasteiger partial charge is 0.347 e. The number of thiophene rings is 1. The molecule has 2 heterocycles. The number of amides is 2. The van der Waals surface area contributed by atoms with Crippen LogP contribution in [0, 0.1) is 18.6 Å². The molecule has 4 aromatic rings. The highest BCUT2D eigenvalue weighted by molar-refractivity contribution is 7.12. The quantitative estimate of drug-likeness (QED) is 0.412. The molecule has 0 saturated heterocycles. The van der Waals surface area contributed by atoms with E-state index in [0.717, 1.165) is 23.8 Å². The summed E-state index contributed by atoms with van der Waals surface area (Å²) >= 11 is 1.37. The average molecular weight is 467 g/mol. The van der Waals surface area contributed by atoms with E-state index in [-0.39, 0.29) is 23.9 Å². The third-order valence-corrected chi connectivity index (χ3v) is 5.87. The summed E-state index contributed by atoms with van der Waals surface area (Å²) in [6.07, 6.45) is 1.55. The van der Waals surface area contributed by atoms with Crippen molar-refractivity contribution in [3.8, 4) is 0 Å². The van der Waals surface area contributed by atoms with Crippen molar-refractivity contribution in [1.82, 2.24) is 15.1 Å². The van der Waals surface area contributed by atoms with Gasteiger partial charge in [0.15, 0.2) is 0 Å². The number of anilines is 1. The Kier molecular flexibility index (Phi) is 6.60. The van der Waals surface area contributed by atoms with Gasteiger partial charge in [-0.3, -0.25) is 9.59 Å². The normalized spacial score (nSPS) is 10.8. The Morgan fingerprint density at radius 2 is 1.85 bits per heavy atom. The van der Waals surface area contributed by atoms with Crippen LogP contribution in [0.15, 0.2) is 66.2 Å². The summed E-state index contributed by atoms with van der Waals surface area (Å²) in [6.45, 7) is 2.07. The molecular weight excluding hydrogens is 446 g/mol. The highest BCUT2D eigenvalue weighted by atomic mass is 32.1. The van der Waals surface area contributed by atoms with E-state index >= 15 is 0 Å². The standard InChI is InChI=1S/C24H20F2N4O2S/c1-15-12-28-30(14-18-11-19(25)8-9-20(18)26)22(15)29-23(31)17-6-4-16(5-7-17)13-27-24(32)21-3-2-10-33-21/h2-12H,13-14H2,1H3,(H,27,32)(H,29,31). The van der Waals surface area contributed by atoms with Crippen LogP contribution in [0.4, 0.5) is 14.6 Å². The van der Waals surface area contributed by atoms with E-state index < -0.39 is 11.6 Å². The molecule has 33 heavy (non-hydrogen) atoms. The number of aromatic nitrogens is 2. The Hall–Kier alpha value is -3.85. The van der Waals surface area contributed by atoms with Crippen molar-refractivity contribution in [2.45, 2.75) is 20.0 Å². The molecule has 4 rings (SSSR count). The van der Waals surface area contributed by atoms with E-state index in [0.29, 0.717) is 28.4 Å². The van der Waals surface area contributed by atoms with Crippen molar-refractivity contribution in [2.75, 3.05) is 5.32 Å². The van der Waals surface area contributed by atoms with Crippen molar-refractivity contribution >= 4 is 29.0 Å². The number of nitrogens with zero attached hydrogens (tertiary/aromatic N) is 2. The minimum atomic E-state index is -0.552. The van der Waals surface area contributed by atoms with Gasteiger partial charge in [0.2, 0.25) is 0 Å². The van der Waals surface area contributed by atoms with Gasteiger partial charge in [-0.15, -0.1) is 11.3 Å². The number of carbonyl (C=O) groups is 2. The fourth-order valence-corrected chi connectivity index (χ4v) is 3.86. The van der Waals surface area contributed by atoms with Crippen LogP contribution < -0.4 is 10.6 Å². The molecule has 0 bridgehead atoms. The van der Waals surface area contributed by atoms with Gasteiger partial charge in [-0.2, -0.15) is 5.10 Å². The van der Waals surface area contributed by atoms with Crippen LogP contribution in [0.5, 0.6) is 0 Å². The van der Waals surface area contributed by atoms with E-state index in [9.17, 15) is 18.4 Å². The molecule has 2 aromatic carbocycles. The van der Waals surface area contributed by atoms with Gasteiger partial charge in [0.05, 0.1) is 17.6 Å². The van der Waals surface area contributed by atoms with Crippen LogP contribution in [-0.2, 0) is 13.1 Å². The molecule has 0 aliphatic rings. The van der Waals surface area contributed by atoms with Crippen LogP contribution >= 0.6 is 11.3 Å². The fraction of sp³-hybridized carbons (Fsp3) is 0.125. The van der Waals surface area contributed by atoms with Crippen molar-refractivity contribution < 1.29 is 18.4 Å². The van der Waals surface area contributed by atoms with Crippen LogP contribution in [0.25, 0.3) is 0 Å². The summed E-state index contributed by atoms with van der Waals surface area (Å²) in [7, 11) is 0. The zero-order valence-electron chi connectivity index (χ0n) is 17.6. The number of aryl methyl sites for hydroxylation is 1. The lowest BCUT2D eigenvalue weighted by molar-refractivity contribution is 0.0953. The van der Waals surface area contributed by atoms with Gasteiger partial charge in [0.25, 0.3) is 11.8 Å². The van der Waals surface area contributed by atoms with E-state index in [1.807, 2.05) is 11.4 Å². The second kappa shape index (κ2) is 9.74. The molecule has 0 aliphatic carbocycles. The first-order valence-corrected chi connectivity index (χ1v) is 11.0. The first-order valence-electron chi connectivity index (χ1n) is 10.1. The van der Waals surface area contributed by atoms with Crippen LogP contribution in [0.1, 0.15) is 36.7 Å². The lowest BCUT2D eigenvalue weighted by Crippen LogP contribution is -2.22. The predicted octanol–water partition coefficient (Wildman–Crippen LogP) is 4.76. The summed E-state index contributed by atoms with van der Waals surface area (Å²) in [6, 6.07) is 13.6. The lowest BCUT2D eigenvalue weighted by Gasteiger charge is -2.11. The molecule has 0 saturated carbocycles. The number of nitrogens with one attached hydrogen (secondary N) is 2. The Labute approximate surface area is 192 Å². The molecule has 2 amide bonds. The maximum Gasteiger partial charge on any atom is 0.261 e. The zero-order valence-corrected chi connectivity index (χ0v) is 18.5. The van der Waals surface area contributed by atoms with E-state index in [2.05, 4.69) is 15.7 Å². The molecule has 9 heteroatoms. The number of hydrogen-bond acceptors (Lipinski definition) is 4. The molecule has 6 nitrogen and oxygen atoms in total. The number of rotatable bonds is 7. The van der Waals surface area contributed by atoms with Gasteiger partial charge in [0, 0.05) is 23.2 Å². The Morgan fingerprint density at radius 3 is 2.58 bits per heavy atom. The molecular formula is C24H20F2N4O2S. The number of carbonyl (C=O) groups excluding carboxylic acids is 2. The summed E-state index contributed by atoms with van der Waals surface area (Å²) in [5.41, 5.74) is 2.07. The van der Waals surface area contributed by atoms with Gasteiger partial charge in [0.1, 0.15) is 17.5 Å². The Bertz CT molecular complexity index is 1280. The van der Waals surface area contributed by atoms with Crippen molar-refractivity contribution in [2.24, 2.45) is 0 Å². The molecule has 0 spiro atoms. The van der Waals surface area contributed by atoms with Gasteiger partial charge in [-0.25, -0.2) is 13.5 Å². The highest BCUT2D eigenvalue weighted by Gasteiger charge is 2.15. The maximum absolute atomic E-state index is 14.0. The maximum atomic E-state index is 14.0. The fourth-order valence-electron chi connectivity index (χ4n) is 3.22. The zero-order chi connectivity index (χ0) is 23.4. The van der Waals surface area contributed by atoms with Crippen LogP contribution in [-0.4, -0.2) is 21.6 Å². The van der Waals surface area contributed by atoms with Crippen LogP contribution in [0.2, 0.25) is 0 Å². The minimum Gasteiger partial charge on any atom is -0.347 e. The lowest BCUT2D eigenvalue weighted by atomic mass is 10.1. The smallest absolute Gasteiger partial charge is 0.261 e. The summed E-state index contributed by atoms with van der Waals surface area (Å²) in [4.78, 5) is 25.5. The third-order valence-electron chi connectivity index (χ3n) is 5.00. The second-order valence-corrected chi connectivity index (χ2v) is 8.33. The molecule has 0 unspecified atom stereocenters. The first-order chi connectivity index (χ1) is 15.9. The summed E-state index contributed by atoms with van der Waals surface area (Å²) in [5, 5.41) is 11.6. The summed E-state index contributed by atoms with van der Waals surface area (Å²) < 4.78 is 28.9. The molecule has 0 aliphatic heterocycles. The molecule has 168 valence electrons. The van der Waals surface area contributed by atoms with Crippen molar-refractivity contribution in [3.05, 3.63) is 105 Å².